The lowest BCUT2D eigenvalue weighted by Gasteiger charge is -2.30. The standard InChI is InChI=1S/C20H29N5/c1-24-13-9-16(10-14-24)15-21-19-17-7-3-4-8-18(17)22-20(23-19)25-11-5-2-6-12-25/h3-4,7-8,16H,2,5-6,9-15H2,1H3,(H,21,22,23). The van der Waals surface area contributed by atoms with E-state index in [9.17, 15) is 0 Å². The number of likely N-dealkylation sites (tertiary alicyclic amines) is 1. The Labute approximate surface area is 150 Å². The van der Waals surface area contributed by atoms with E-state index in [0.717, 1.165) is 48.2 Å². The summed E-state index contributed by atoms with van der Waals surface area (Å²) >= 11 is 0. The lowest BCUT2D eigenvalue weighted by molar-refractivity contribution is 0.226. The van der Waals surface area contributed by atoms with Gasteiger partial charge in [-0.05, 0) is 70.3 Å². The highest BCUT2D eigenvalue weighted by Crippen LogP contribution is 2.26. The van der Waals surface area contributed by atoms with Crippen LogP contribution in [0, 0.1) is 5.92 Å². The SMILES string of the molecule is CN1CCC(CNc2nc(N3CCCCC3)nc3ccccc23)CC1. The Balaban J connectivity index is 1.55. The molecule has 0 bridgehead atoms. The van der Waals surface area contributed by atoms with Gasteiger partial charge in [0, 0.05) is 25.0 Å². The molecule has 4 rings (SSSR count). The third kappa shape index (κ3) is 3.87. The average molecular weight is 339 g/mol. The van der Waals surface area contributed by atoms with E-state index in [1.165, 1.54) is 45.2 Å². The maximum absolute atomic E-state index is 4.92. The normalized spacial score (nSPS) is 20.1. The van der Waals surface area contributed by atoms with E-state index in [1.54, 1.807) is 0 Å². The Bertz CT molecular complexity index is 702. The minimum absolute atomic E-state index is 0.739. The first-order valence-electron chi connectivity index (χ1n) is 9.74. The van der Waals surface area contributed by atoms with Gasteiger partial charge in [-0.15, -0.1) is 0 Å². The average Bonchev–Trinajstić information content (AvgIpc) is 2.68. The fourth-order valence-corrected chi connectivity index (χ4v) is 3.94. The number of nitrogens with zero attached hydrogens (tertiary/aromatic N) is 4. The summed E-state index contributed by atoms with van der Waals surface area (Å²) in [6.45, 7) is 5.57. The first kappa shape index (κ1) is 16.6. The van der Waals surface area contributed by atoms with Gasteiger partial charge in [0.1, 0.15) is 5.82 Å². The van der Waals surface area contributed by atoms with Crippen LogP contribution in [0.4, 0.5) is 11.8 Å². The Kier molecular flexibility index (Phi) is 5.02. The van der Waals surface area contributed by atoms with Crippen molar-refractivity contribution in [2.75, 3.05) is 50.0 Å². The fourth-order valence-electron chi connectivity index (χ4n) is 3.94. The third-order valence-electron chi connectivity index (χ3n) is 5.63. The number of fused-ring (bicyclic) bond motifs is 1. The highest BCUT2D eigenvalue weighted by Gasteiger charge is 2.19. The molecule has 0 spiro atoms. The predicted molar refractivity (Wildman–Crippen MR) is 104 cm³/mol. The molecule has 134 valence electrons. The van der Waals surface area contributed by atoms with E-state index in [1.807, 2.05) is 0 Å². The van der Waals surface area contributed by atoms with Crippen LogP contribution in [0.3, 0.4) is 0 Å². The predicted octanol–water partition coefficient (Wildman–Crippen LogP) is 3.37. The van der Waals surface area contributed by atoms with Gasteiger partial charge in [-0.3, -0.25) is 0 Å². The topological polar surface area (TPSA) is 44.3 Å². The monoisotopic (exact) mass is 339 g/mol. The second-order valence-corrected chi connectivity index (χ2v) is 7.56. The van der Waals surface area contributed by atoms with Crippen LogP contribution in [0.5, 0.6) is 0 Å². The molecule has 3 heterocycles. The van der Waals surface area contributed by atoms with Crippen molar-refractivity contribution in [1.82, 2.24) is 14.9 Å². The summed E-state index contributed by atoms with van der Waals surface area (Å²) in [5.41, 5.74) is 1.05. The molecule has 25 heavy (non-hydrogen) atoms. The molecule has 0 aliphatic carbocycles. The number of aromatic nitrogens is 2. The minimum Gasteiger partial charge on any atom is -0.369 e. The maximum Gasteiger partial charge on any atom is 0.227 e. The van der Waals surface area contributed by atoms with Crippen molar-refractivity contribution in [3.63, 3.8) is 0 Å². The van der Waals surface area contributed by atoms with Crippen molar-refractivity contribution in [3.05, 3.63) is 24.3 Å². The number of hydrogen-bond donors (Lipinski definition) is 1. The molecular weight excluding hydrogens is 310 g/mol. The van der Waals surface area contributed by atoms with Crippen LogP contribution in [0.1, 0.15) is 32.1 Å². The molecule has 0 unspecified atom stereocenters. The van der Waals surface area contributed by atoms with Gasteiger partial charge in [0.25, 0.3) is 0 Å². The number of hydrogen-bond acceptors (Lipinski definition) is 5. The molecule has 1 N–H and O–H groups in total. The second-order valence-electron chi connectivity index (χ2n) is 7.56. The van der Waals surface area contributed by atoms with Crippen LogP contribution in [0.15, 0.2) is 24.3 Å². The van der Waals surface area contributed by atoms with Crippen molar-refractivity contribution in [3.8, 4) is 0 Å². The number of anilines is 2. The molecule has 2 aromatic rings. The third-order valence-corrected chi connectivity index (χ3v) is 5.63. The summed E-state index contributed by atoms with van der Waals surface area (Å²) in [5, 5.41) is 4.79. The number of piperidine rings is 2. The van der Waals surface area contributed by atoms with Crippen molar-refractivity contribution < 1.29 is 0 Å². The summed E-state index contributed by atoms with van der Waals surface area (Å²) in [4.78, 5) is 14.5. The molecule has 1 aromatic heterocycles. The van der Waals surface area contributed by atoms with Gasteiger partial charge in [-0.1, -0.05) is 12.1 Å². The maximum atomic E-state index is 4.92. The van der Waals surface area contributed by atoms with Gasteiger partial charge >= 0.3 is 0 Å². The van der Waals surface area contributed by atoms with Crippen molar-refractivity contribution >= 4 is 22.7 Å². The Morgan fingerprint density at radius 1 is 1.00 bits per heavy atom. The van der Waals surface area contributed by atoms with Gasteiger partial charge in [0.2, 0.25) is 5.95 Å². The summed E-state index contributed by atoms with van der Waals surface area (Å²) < 4.78 is 0. The molecular formula is C20H29N5. The highest BCUT2D eigenvalue weighted by atomic mass is 15.3. The van der Waals surface area contributed by atoms with Crippen molar-refractivity contribution in [2.24, 2.45) is 5.92 Å². The second kappa shape index (κ2) is 7.56. The van der Waals surface area contributed by atoms with Crippen LogP contribution in [0.25, 0.3) is 10.9 Å². The first-order valence-corrected chi connectivity index (χ1v) is 9.74. The quantitative estimate of drug-likeness (QED) is 0.925. The molecule has 2 aliphatic heterocycles. The molecule has 2 aliphatic rings. The smallest absolute Gasteiger partial charge is 0.227 e. The van der Waals surface area contributed by atoms with E-state index in [2.05, 4.69) is 46.4 Å². The zero-order valence-corrected chi connectivity index (χ0v) is 15.2. The molecule has 0 atom stereocenters. The highest BCUT2D eigenvalue weighted by molar-refractivity contribution is 5.90. The van der Waals surface area contributed by atoms with Crippen LogP contribution in [-0.4, -0.2) is 54.6 Å². The molecule has 0 radical (unpaired) electrons. The van der Waals surface area contributed by atoms with Crippen LogP contribution < -0.4 is 10.2 Å². The molecule has 2 fully saturated rings. The number of nitrogens with one attached hydrogen (secondary N) is 1. The molecule has 0 amide bonds. The molecule has 2 saturated heterocycles. The molecule has 1 aromatic carbocycles. The van der Waals surface area contributed by atoms with Gasteiger partial charge < -0.3 is 15.1 Å². The Hall–Kier alpha value is -1.88. The van der Waals surface area contributed by atoms with E-state index in [4.69, 9.17) is 9.97 Å². The number of benzene rings is 1. The van der Waals surface area contributed by atoms with E-state index in [0.29, 0.717) is 0 Å². The fraction of sp³-hybridized carbons (Fsp3) is 0.600. The lowest BCUT2D eigenvalue weighted by Crippen LogP contribution is -2.33. The summed E-state index contributed by atoms with van der Waals surface area (Å²) in [7, 11) is 2.21. The largest absolute Gasteiger partial charge is 0.369 e. The molecule has 5 heteroatoms. The minimum atomic E-state index is 0.739. The van der Waals surface area contributed by atoms with Gasteiger partial charge in [0.05, 0.1) is 5.52 Å². The number of para-hydroxylation sites is 1. The Morgan fingerprint density at radius 2 is 1.76 bits per heavy atom. The summed E-state index contributed by atoms with van der Waals surface area (Å²) in [6, 6.07) is 8.38. The van der Waals surface area contributed by atoms with E-state index >= 15 is 0 Å². The van der Waals surface area contributed by atoms with E-state index in [-0.39, 0.29) is 0 Å². The number of rotatable bonds is 4. The van der Waals surface area contributed by atoms with Crippen LogP contribution in [-0.2, 0) is 0 Å². The van der Waals surface area contributed by atoms with Crippen molar-refractivity contribution in [1.29, 1.82) is 0 Å². The van der Waals surface area contributed by atoms with Crippen LogP contribution in [0.2, 0.25) is 0 Å². The zero-order chi connectivity index (χ0) is 17.1. The van der Waals surface area contributed by atoms with Gasteiger partial charge in [0.15, 0.2) is 0 Å². The zero-order valence-electron chi connectivity index (χ0n) is 15.2. The van der Waals surface area contributed by atoms with Crippen LogP contribution >= 0.6 is 0 Å². The summed E-state index contributed by atoms with van der Waals surface area (Å²) in [6.07, 6.45) is 6.35. The van der Waals surface area contributed by atoms with Gasteiger partial charge in [-0.2, -0.15) is 4.98 Å². The first-order chi connectivity index (χ1) is 12.3. The molecule has 5 nitrogen and oxygen atoms in total. The Morgan fingerprint density at radius 3 is 2.56 bits per heavy atom. The van der Waals surface area contributed by atoms with Crippen molar-refractivity contribution in [2.45, 2.75) is 32.1 Å². The lowest BCUT2D eigenvalue weighted by atomic mass is 9.97. The summed E-state index contributed by atoms with van der Waals surface area (Å²) in [5.74, 6) is 2.64. The van der Waals surface area contributed by atoms with E-state index < -0.39 is 0 Å². The molecule has 0 saturated carbocycles. The van der Waals surface area contributed by atoms with Gasteiger partial charge in [-0.25, -0.2) is 4.98 Å².